The Morgan fingerprint density at radius 1 is 1.40 bits per heavy atom. The minimum absolute atomic E-state index is 0.000302. The fourth-order valence-corrected chi connectivity index (χ4v) is 4.34. The summed E-state index contributed by atoms with van der Waals surface area (Å²) in [7, 11) is -3.63. The van der Waals surface area contributed by atoms with Gasteiger partial charge in [0.15, 0.2) is 5.69 Å². The van der Waals surface area contributed by atoms with Gasteiger partial charge in [-0.3, -0.25) is 9.36 Å². The van der Waals surface area contributed by atoms with E-state index in [2.05, 4.69) is 15.0 Å². The van der Waals surface area contributed by atoms with Crippen molar-refractivity contribution >= 4 is 15.9 Å². The number of nitrogens with one attached hydrogen (secondary N) is 2. The van der Waals surface area contributed by atoms with Crippen molar-refractivity contribution in [2.45, 2.75) is 30.4 Å². The number of rotatable bonds is 3. The number of ether oxygens (including phenoxy) is 1. The number of benzene rings is 1. The van der Waals surface area contributed by atoms with E-state index < -0.39 is 10.0 Å². The van der Waals surface area contributed by atoms with Crippen molar-refractivity contribution in [3.8, 4) is 5.69 Å². The summed E-state index contributed by atoms with van der Waals surface area (Å²) < 4.78 is 34.4. The van der Waals surface area contributed by atoms with Gasteiger partial charge in [0.2, 0.25) is 10.0 Å². The van der Waals surface area contributed by atoms with Crippen LogP contribution in [0.25, 0.3) is 5.69 Å². The standard InChI is InChI=1S/C16H18N4O4S/c21-16(17-8-11-4-3-7-24-11)15-13-9-19-25(22,23)14-6-2-1-5-12(14)20(13)10-18-15/h1-2,5-6,10-11,19H,3-4,7-9H2,(H,17,21)/t11-/m0/s1. The predicted molar refractivity (Wildman–Crippen MR) is 88.9 cm³/mol. The molecule has 1 fully saturated rings. The molecule has 2 N–H and O–H groups in total. The van der Waals surface area contributed by atoms with Gasteiger partial charge in [0, 0.05) is 13.2 Å². The van der Waals surface area contributed by atoms with Crippen LogP contribution in [0.1, 0.15) is 29.0 Å². The van der Waals surface area contributed by atoms with Gasteiger partial charge >= 0.3 is 0 Å². The molecule has 0 radical (unpaired) electrons. The van der Waals surface area contributed by atoms with Crippen molar-refractivity contribution < 1.29 is 17.9 Å². The Labute approximate surface area is 145 Å². The van der Waals surface area contributed by atoms with Crippen LogP contribution in [-0.2, 0) is 21.3 Å². The molecule has 2 aliphatic rings. The topological polar surface area (TPSA) is 102 Å². The van der Waals surface area contributed by atoms with Gasteiger partial charge < -0.3 is 10.1 Å². The summed E-state index contributed by atoms with van der Waals surface area (Å²) >= 11 is 0. The molecule has 0 aliphatic carbocycles. The third-order valence-electron chi connectivity index (χ3n) is 4.44. The number of imidazole rings is 1. The lowest BCUT2D eigenvalue weighted by atomic mass is 10.2. The number of carbonyl (C=O) groups excluding carboxylic acids is 1. The van der Waals surface area contributed by atoms with Gasteiger partial charge in [-0.15, -0.1) is 0 Å². The van der Waals surface area contributed by atoms with Gasteiger partial charge in [-0.05, 0) is 25.0 Å². The van der Waals surface area contributed by atoms with Crippen LogP contribution in [0.3, 0.4) is 0 Å². The fourth-order valence-electron chi connectivity index (χ4n) is 3.16. The molecule has 8 nitrogen and oxygen atoms in total. The highest BCUT2D eigenvalue weighted by Gasteiger charge is 2.28. The van der Waals surface area contributed by atoms with Gasteiger partial charge in [-0.25, -0.2) is 18.1 Å². The van der Waals surface area contributed by atoms with Crippen LogP contribution >= 0.6 is 0 Å². The van der Waals surface area contributed by atoms with E-state index in [4.69, 9.17) is 4.74 Å². The van der Waals surface area contributed by atoms with Crippen molar-refractivity contribution in [3.63, 3.8) is 0 Å². The molecule has 1 saturated heterocycles. The van der Waals surface area contributed by atoms with Gasteiger partial charge in [-0.2, -0.15) is 0 Å². The van der Waals surface area contributed by atoms with E-state index in [-0.39, 0.29) is 29.1 Å². The second kappa shape index (κ2) is 6.25. The van der Waals surface area contributed by atoms with Crippen molar-refractivity contribution in [2.75, 3.05) is 13.2 Å². The maximum Gasteiger partial charge on any atom is 0.271 e. The first-order chi connectivity index (χ1) is 12.1. The van der Waals surface area contributed by atoms with Crippen LogP contribution in [0.2, 0.25) is 0 Å². The molecule has 1 atom stereocenters. The summed E-state index contributed by atoms with van der Waals surface area (Å²) in [5.41, 5.74) is 1.21. The molecule has 0 spiro atoms. The fraction of sp³-hybridized carbons (Fsp3) is 0.375. The summed E-state index contributed by atoms with van der Waals surface area (Å²) in [4.78, 5) is 16.9. The molecule has 3 heterocycles. The summed E-state index contributed by atoms with van der Waals surface area (Å²) in [5.74, 6) is -0.331. The molecule has 132 valence electrons. The number of hydrogen-bond acceptors (Lipinski definition) is 5. The molecule has 1 amide bonds. The normalized spacial score (nSPS) is 21.2. The summed E-state index contributed by atoms with van der Waals surface area (Å²) in [6.45, 7) is 1.14. The van der Waals surface area contributed by atoms with E-state index in [1.807, 2.05) is 0 Å². The van der Waals surface area contributed by atoms with Crippen LogP contribution in [0.4, 0.5) is 0 Å². The zero-order valence-electron chi connectivity index (χ0n) is 13.4. The minimum atomic E-state index is -3.63. The molecule has 0 saturated carbocycles. The van der Waals surface area contributed by atoms with Crippen LogP contribution in [0, 0.1) is 0 Å². The van der Waals surface area contributed by atoms with E-state index in [1.54, 1.807) is 22.8 Å². The average Bonchev–Trinajstić information content (AvgIpc) is 3.25. The lowest BCUT2D eigenvalue weighted by Gasteiger charge is -2.11. The maximum absolute atomic E-state index is 12.5. The number of nitrogens with zero attached hydrogens (tertiary/aromatic N) is 2. The van der Waals surface area contributed by atoms with Crippen molar-refractivity contribution in [2.24, 2.45) is 0 Å². The largest absolute Gasteiger partial charge is 0.376 e. The SMILES string of the molecule is O=C(NC[C@@H]1CCCO1)c1ncn2c1CNS(=O)(=O)c1ccccc1-2. The Kier molecular flexibility index (Phi) is 4.06. The molecule has 2 aromatic rings. The number of amides is 1. The van der Waals surface area contributed by atoms with Crippen molar-refractivity contribution in [1.82, 2.24) is 19.6 Å². The molecule has 25 heavy (non-hydrogen) atoms. The third-order valence-corrected chi connectivity index (χ3v) is 5.89. The van der Waals surface area contributed by atoms with Crippen molar-refractivity contribution in [1.29, 1.82) is 0 Å². The van der Waals surface area contributed by atoms with Gasteiger partial charge in [0.25, 0.3) is 5.91 Å². The smallest absolute Gasteiger partial charge is 0.271 e. The molecule has 1 aromatic carbocycles. The summed E-state index contributed by atoms with van der Waals surface area (Å²) in [5, 5.41) is 2.83. The highest BCUT2D eigenvalue weighted by Crippen LogP contribution is 2.26. The Bertz CT molecular complexity index is 916. The monoisotopic (exact) mass is 362 g/mol. The quantitative estimate of drug-likeness (QED) is 0.831. The zero-order valence-corrected chi connectivity index (χ0v) is 14.3. The Morgan fingerprint density at radius 2 is 2.24 bits per heavy atom. The second-order valence-corrected chi connectivity index (χ2v) is 7.78. The van der Waals surface area contributed by atoms with Gasteiger partial charge in [0.05, 0.1) is 24.0 Å². The summed E-state index contributed by atoms with van der Waals surface area (Å²) in [6.07, 6.45) is 3.44. The van der Waals surface area contributed by atoms with E-state index in [0.29, 0.717) is 17.9 Å². The van der Waals surface area contributed by atoms with Crippen LogP contribution in [0.15, 0.2) is 35.5 Å². The lowest BCUT2D eigenvalue weighted by molar-refractivity contribution is 0.0853. The third kappa shape index (κ3) is 2.94. The van der Waals surface area contributed by atoms with E-state index in [9.17, 15) is 13.2 Å². The maximum atomic E-state index is 12.5. The first kappa shape index (κ1) is 16.2. The van der Waals surface area contributed by atoms with Crippen LogP contribution in [0.5, 0.6) is 0 Å². The predicted octanol–water partition coefficient (Wildman–Crippen LogP) is 0.573. The van der Waals surface area contributed by atoms with Crippen LogP contribution < -0.4 is 10.0 Å². The van der Waals surface area contributed by atoms with Gasteiger partial charge in [-0.1, -0.05) is 12.1 Å². The number of sulfonamides is 1. The number of aromatic nitrogens is 2. The molecule has 9 heteroatoms. The van der Waals surface area contributed by atoms with E-state index in [1.165, 1.54) is 12.4 Å². The molecular weight excluding hydrogens is 344 g/mol. The number of hydrogen-bond donors (Lipinski definition) is 2. The molecular formula is C16H18N4O4S. The number of para-hydroxylation sites is 1. The number of fused-ring (bicyclic) bond motifs is 3. The van der Waals surface area contributed by atoms with E-state index in [0.717, 1.165) is 19.4 Å². The molecule has 4 rings (SSSR count). The molecule has 0 bridgehead atoms. The zero-order chi connectivity index (χ0) is 17.4. The Balaban J connectivity index is 1.65. The van der Waals surface area contributed by atoms with Gasteiger partial charge in [0.1, 0.15) is 11.2 Å². The molecule has 0 unspecified atom stereocenters. The highest BCUT2D eigenvalue weighted by atomic mass is 32.2. The Hall–Kier alpha value is -2.23. The lowest BCUT2D eigenvalue weighted by Crippen LogP contribution is -2.33. The summed E-state index contributed by atoms with van der Waals surface area (Å²) in [6, 6.07) is 6.64. The molecule has 1 aromatic heterocycles. The van der Waals surface area contributed by atoms with Crippen molar-refractivity contribution in [3.05, 3.63) is 42.0 Å². The second-order valence-electron chi connectivity index (χ2n) is 6.05. The van der Waals surface area contributed by atoms with E-state index >= 15 is 0 Å². The first-order valence-corrected chi connectivity index (χ1v) is 9.59. The minimum Gasteiger partial charge on any atom is -0.376 e. The average molecular weight is 362 g/mol. The Morgan fingerprint density at radius 3 is 3.04 bits per heavy atom. The first-order valence-electron chi connectivity index (χ1n) is 8.11. The highest BCUT2D eigenvalue weighted by molar-refractivity contribution is 7.89. The van der Waals surface area contributed by atoms with Crippen LogP contribution in [-0.4, -0.2) is 43.1 Å². The molecule has 2 aliphatic heterocycles. The number of carbonyl (C=O) groups is 1.